The van der Waals surface area contributed by atoms with Crippen LogP contribution in [0.2, 0.25) is 0 Å². The van der Waals surface area contributed by atoms with Crippen molar-refractivity contribution in [3.05, 3.63) is 54.1 Å². The number of ether oxygens (including phenoxy) is 2. The Bertz CT molecular complexity index is 1020. The Hall–Kier alpha value is -3.46. The highest BCUT2D eigenvalue weighted by atomic mass is 32.1. The number of hydrogen-bond acceptors (Lipinski definition) is 7. The van der Waals surface area contributed by atoms with Crippen molar-refractivity contribution in [1.29, 1.82) is 0 Å². The molecule has 0 aliphatic carbocycles. The topological polar surface area (TPSA) is 97.8 Å². The molecule has 1 N–H and O–H groups in total. The van der Waals surface area contributed by atoms with Gasteiger partial charge in [0.25, 0.3) is 11.8 Å². The van der Waals surface area contributed by atoms with Gasteiger partial charge in [-0.2, -0.15) is 0 Å². The number of nitrogens with zero attached hydrogens (tertiary/aromatic N) is 2. The largest absolute Gasteiger partial charge is 0.497 e. The molecule has 156 valence electrons. The van der Waals surface area contributed by atoms with Gasteiger partial charge in [-0.3, -0.25) is 19.3 Å². The van der Waals surface area contributed by atoms with Crippen molar-refractivity contribution < 1.29 is 23.9 Å². The number of nitrogens with one attached hydrogen (secondary N) is 1. The van der Waals surface area contributed by atoms with Crippen LogP contribution in [0.3, 0.4) is 0 Å². The predicted octanol–water partition coefficient (Wildman–Crippen LogP) is 2.63. The highest BCUT2D eigenvalue weighted by molar-refractivity contribution is 7.22. The normalized spacial score (nSPS) is 10.5. The van der Waals surface area contributed by atoms with Gasteiger partial charge in [-0.25, -0.2) is 4.98 Å². The second-order valence-corrected chi connectivity index (χ2v) is 7.18. The van der Waals surface area contributed by atoms with Gasteiger partial charge in [0.15, 0.2) is 11.7 Å². The number of carbonyl (C=O) groups excluding carboxylic acids is 3. The zero-order valence-corrected chi connectivity index (χ0v) is 17.4. The van der Waals surface area contributed by atoms with Gasteiger partial charge in [0.2, 0.25) is 0 Å². The lowest BCUT2D eigenvalue weighted by Gasteiger charge is -2.17. The van der Waals surface area contributed by atoms with Gasteiger partial charge in [0.1, 0.15) is 12.3 Å². The Morgan fingerprint density at radius 2 is 1.83 bits per heavy atom. The second-order valence-electron chi connectivity index (χ2n) is 6.17. The fraction of sp³-hybridized carbons (Fsp3) is 0.238. The van der Waals surface area contributed by atoms with Crippen LogP contribution in [0, 0.1) is 0 Å². The number of hydrogen-bond donors (Lipinski definition) is 1. The number of anilines is 1. The molecule has 0 aliphatic heterocycles. The summed E-state index contributed by atoms with van der Waals surface area (Å²) >= 11 is 1.39. The van der Waals surface area contributed by atoms with Crippen LogP contribution in [0.15, 0.2) is 48.5 Å². The summed E-state index contributed by atoms with van der Waals surface area (Å²) in [6.45, 7) is 1.44. The lowest BCUT2D eigenvalue weighted by molar-refractivity contribution is -0.146. The minimum absolute atomic E-state index is 0.342. The van der Waals surface area contributed by atoms with Crippen molar-refractivity contribution >= 4 is 44.5 Å². The summed E-state index contributed by atoms with van der Waals surface area (Å²) in [7, 11) is 1.53. The van der Waals surface area contributed by atoms with Gasteiger partial charge < -0.3 is 14.8 Å². The molecule has 3 rings (SSSR count). The van der Waals surface area contributed by atoms with Crippen molar-refractivity contribution in [1.82, 2.24) is 10.3 Å². The molecule has 8 nitrogen and oxygen atoms in total. The van der Waals surface area contributed by atoms with E-state index < -0.39 is 18.5 Å². The van der Waals surface area contributed by atoms with Crippen molar-refractivity contribution in [2.75, 3.05) is 31.7 Å². The standard InChI is InChI=1S/C21H21N3O5S/c1-3-24(21-23-16-6-4-5-7-17(16)30-21)18(25)13-29-19(26)12-22-20(27)14-8-10-15(28-2)11-9-14/h4-11H,3,12-13H2,1-2H3,(H,22,27). The molecule has 0 radical (unpaired) electrons. The highest BCUT2D eigenvalue weighted by Crippen LogP contribution is 2.28. The molecule has 2 amide bonds. The Labute approximate surface area is 177 Å². The van der Waals surface area contributed by atoms with E-state index in [1.54, 1.807) is 24.3 Å². The number of likely N-dealkylation sites (N-methyl/N-ethyl adjacent to an activating group) is 1. The number of esters is 1. The molecule has 1 aromatic heterocycles. The molecule has 3 aromatic rings. The number of methoxy groups -OCH3 is 1. The number of benzene rings is 2. The summed E-state index contributed by atoms with van der Waals surface area (Å²) in [6.07, 6.45) is 0. The van der Waals surface area contributed by atoms with Crippen LogP contribution in [0.5, 0.6) is 5.75 Å². The van der Waals surface area contributed by atoms with E-state index in [-0.39, 0.29) is 12.5 Å². The first kappa shape index (κ1) is 21.3. The van der Waals surface area contributed by atoms with Crippen molar-refractivity contribution in [3.63, 3.8) is 0 Å². The fourth-order valence-corrected chi connectivity index (χ4v) is 3.71. The first-order chi connectivity index (χ1) is 14.5. The van der Waals surface area contributed by atoms with Crippen LogP contribution in [0.4, 0.5) is 5.13 Å². The lowest BCUT2D eigenvalue weighted by atomic mass is 10.2. The number of para-hydroxylation sites is 1. The third-order valence-corrected chi connectivity index (χ3v) is 5.29. The van der Waals surface area contributed by atoms with E-state index >= 15 is 0 Å². The van der Waals surface area contributed by atoms with Gasteiger partial charge >= 0.3 is 5.97 Å². The highest BCUT2D eigenvalue weighted by Gasteiger charge is 2.20. The molecule has 0 aliphatic rings. The molecule has 0 spiro atoms. The SMILES string of the molecule is CCN(C(=O)COC(=O)CNC(=O)c1ccc(OC)cc1)c1nc2ccccc2s1. The molecular formula is C21H21N3O5S. The maximum Gasteiger partial charge on any atom is 0.325 e. The van der Waals surface area contributed by atoms with Crippen LogP contribution in [-0.2, 0) is 14.3 Å². The van der Waals surface area contributed by atoms with Gasteiger partial charge in [0, 0.05) is 12.1 Å². The maximum atomic E-state index is 12.5. The first-order valence-electron chi connectivity index (χ1n) is 9.25. The van der Waals surface area contributed by atoms with E-state index in [4.69, 9.17) is 9.47 Å². The fourth-order valence-electron chi connectivity index (χ4n) is 2.66. The first-order valence-corrected chi connectivity index (χ1v) is 10.1. The Morgan fingerprint density at radius 1 is 1.10 bits per heavy atom. The van der Waals surface area contributed by atoms with Gasteiger partial charge in [0.05, 0.1) is 17.3 Å². The number of fused-ring (bicyclic) bond motifs is 1. The molecule has 1 heterocycles. The van der Waals surface area contributed by atoms with E-state index in [1.165, 1.54) is 23.3 Å². The number of amides is 2. The number of carbonyl (C=O) groups is 3. The number of thiazole rings is 1. The maximum absolute atomic E-state index is 12.5. The summed E-state index contributed by atoms with van der Waals surface area (Å²) in [5.41, 5.74) is 1.19. The average molecular weight is 427 g/mol. The van der Waals surface area contributed by atoms with E-state index in [0.717, 1.165) is 10.2 Å². The minimum atomic E-state index is -0.703. The van der Waals surface area contributed by atoms with E-state index in [2.05, 4.69) is 10.3 Å². The quantitative estimate of drug-likeness (QED) is 0.555. The van der Waals surface area contributed by atoms with Gasteiger partial charge in [-0.15, -0.1) is 0 Å². The molecule has 0 atom stereocenters. The monoisotopic (exact) mass is 427 g/mol. The molecule has 9 heteroatoms. The van der Waals surface area contributed by atoms with Crippen LogP contribution in [-0.4, -0.2) is 49.6 Å². The molecule has 2 aromatic carbocycles. The number of aromatic nitrogens is 1. The van der Waals surface area contributed by atoms with E-state index in [9.17, 15) is 14.4 Å². The summed E-state index contributed by atoms with van der Waals surface area (Å²) in [6, 6.07) is 14.1. The Balaban J connectivity index is 1.50. The summed E-state index contributed by atoms with van der Waals surface area (Å²) in [5.74, 6) is -0.888. The van der Waals surface area contributed by atoms with Crippen molar-refractivity contribution in [2.45, 2.75) is 6.92 Å². The summed E-state index contributed by atoms with van der Waals surface area (Å²) in [4.78, 5) is 42.4. The van der Waals surface area contributed by atoms with E-state index in [1.807, 2.05) is 31.2 Å². The van der Waals surface area contributed by atoms with Crippen LogP contribution >= 0.6 is 11.3 Å². The van der Waals surface area contributed by atoms with Gasteiger partial charge in [-0.05, 0) is 43.3 Å². The third kappa shape index (κ3) is 5.12. The zero-order valence-electron chi connectivity index (χ0n) is 16.6. The molecule has 0 saturated carbocycles. The minimum Gasteiger partial charge on any atom is -0.497 e. The van der Waals surface area contributed by atoms with Gasteiger partial charge in [-0.1, -0.05) is 23.5 Å². The lowest BCUT2D eigenvalue weighted by Crippen LogP contribution is -2.36. The smallest absolute Gasteiger partial charge is 0.325 e. The third-order valence-electron chi connectivity index (χ3n) is 4.23. The second kappa shape index (κ2) is 9.84. The molecule has 0 bridgehead atoms. The molecule has 0 fully saturated rings. The van der Waals surface area contributed by atoms with Crippen LogP contribution in [0.1, 0.15) is 17.3 Å². The zero-order chi connectivity index (χ0) is 21.5. The molecule has 30 heavy (non-hydrogen) atoms. The predicted molar refractivity (Wildman–Crippen MR) is 114 cm³/mol. The Morgan fingerprint density at radius 3 is 2.50 bits per heavy atom. The molecule has 0 saturated heterocycles. The van der Waals surface area contributed by atoms with E-state index in [0.29, 0.717) is 23.0 Å². The van der Waals surface area contributed by atoms with Crippen LogP contribution < -0.4 is 15.0 Å². The number of rotatable bonds is 8. The van der Waals surface area contributed by atoms with Crippen LogP contribution in [0.25, 0.3) is 10.2 Å². The molecule has 0 unspecified atom stereocenters. The molecular weight excluding hydrogens is 406 g/mol. The van der Waals surface area contributed by atoms with Crippen molar-refractivity contribution in [2.24, 2.45) is 0 Å². The Kier molecular flexibility index (Phi) is 6.97. The van der Waals surface area contributed by atoms with Crippen molar-refractivity contribution in [3.8, 4) is 5.75 Å². The average Bonchev–Trinajstić information content (AvgIpc) is 3.20. The summed E-state index contributed by atoms with van der Waals surface area (Å²) in [5, 5.41) is 3.01. The summed E-state index contributed by atoms with van der Waals surface area (Å²) < 4.78 is 11.0.